The fourth-order valence-corrected chi connectivity index (χ4v) is 0.815. The Morgan fingerprint density at radius 1 is 2.00 bits per heavy atom. The normalized spacial score (nSPS) is 19.8. The highest BCUT2D eigenvalue weighted by Gasteiger charge is 1.95. The molecule has 0 amide bonds. The van der Waals surface area contributed by atoms with Crippen molar-refractivity contribution in [1.29, 1.82) is 0 Å². The van der Waals surface area contributed by atoms with Crippen LogP contribution >= 0.6 is 11.9 Å². The van der Waals surface area contributed by atoms with Crippen LogP contribution in [0.5, 0.6) is 0 Å². The van der Waals surface area contributed by atoms with E-state index in [4.69, 9.17) is 0 Å². The second-order valence-electron chi connectivity index (χ2n) is 1.24. The minimum Gasteiger partial charge on any atom is -0.354 e. The largest absolute Gasteiger partial charge is 0.354 e. The fraction of sp³-hybridized carbons (Fsp3) is 0.667. The molecule has 34 valence electrons. The molecule has 0 aromatic heterocycles. The van der Waals surface area contributed by atoms with E-state index in [1.807, 2.05) is 18.3 Å². The summed E-state index contributed by atoms with van der Waals surface area (Å²) >= 11 is 1.58. The van der Waals surface area contributed by atoms with E-state index < -0.39 is 0 Å². The molecular formula is C3H6N2S. The average Bonchev–Trinajstić information content (AvgIpc) is 1.86. The van der Waals surface area contributed by atoms with Gasteiger partial charge in [0.25, 0.3) is 0 Å². The van der Waals surface area contributed by atoms with Crippen LogP contribution in [0.25, 0.3) is 0 Å². The lowest BCUT2D eigenvalue weighted by Crippen LogP contribution is -2.08. The van der Waals surface area contributed by atoms with Gasteiger partial charge in [0.05, 0.1) is 12.2 Å². The first-order valence-electron chi connectivity index (χ1n) is 1.75. The standard InChI is InChI=1S/C3H6N2S/c1-5-2-4-6-3-5/h2H,3H2,1H3. The van der Waals surface area contributed by atoms with E-state index in [2.05, 4.69) is 4.40 Å². The van der Waals surface area contributed by atoms with Crippen LogP contribution < -0.4 is 0 Å². The van der Waals surface area contributed by atoms with Crippen molar-refractivity contribution in [3.8, 4) is 0 Å². The first-order chi connectivity index (χ1) is 2.89. The van der Waals surface area contributed by atoms with Gasteiger partial charge in [-0.25, -0.2) is 4.40 Å². The van der Waals surface area contributed by atoms with Crippen LogP contribution in [-0.2, 0) is 0 Å². The Labute approximate surface area is 41.4 Å². The maximum absolute atomic E-state index is 3.88. The quantitative estimate of drug-likeness (QED) is 0.415. The molecule has 0 fully saturated rings. The topological polar surface area (TPSA) is 15.6 Å². The van der Waals surface area contributed by atoms with Gasteiger partial charge in [-0.1, -0.05) is 0 Å². The molecule has 2 nitrogen and oxygen atoms in total. The highest BCUT2D eigenvalue weighted by Crippen LogP contribution is 2.07. The molecule has 1 aliphatic heterocycles. The molecule has 0 saturated carbocycles. The van der Waals surface area contributed by atoms with Gasteiger partial charge in [0, 0.05) is 7.05 Å². The second-order valence-corrected chi connectivity index (χ2v) is 1.96. The molecule has 0 atom stereocenters. The van der Waals surface area contributed by atoms with Crippen molar-refractivity contribution in [3.05, 3.63) is 0 Å². The molecule has 0 unspecified atom stereocenters. The molecule has 1 aliphatic rings. The van der Waals surface area contributed by atoms with Crippen molar-refractivity contribution < 1.29 is 0 Å². The summed E-state index contributed by atoms with van der Waals surface area (Å²) in [4.78, 5) is 2.03. The number of nitrogens with zero attached hydrogens (tertiary/aromatic N) is 2. The summed E-state index contributed by atoms with van der Waals surface area (Å²) in [6.45, 7) is 0. The molecule has 0 saturated heterocycles. The summed E-state index contributed by atoms with van der Waals surface area (Å²) in [7, 11) is 2.00. The van der Waals surface area contributed by atoms with Gasteiger partial charge in [-0.3, -0.25) is 0 Å². The smallest absolute Gasteiger partial charge is 0.0995 e. The van der Waals surface area contributed by atoms with Crippen molar-refractivity contribution in [2.75, 3.05) is 12.9 Å². The van der Waals surface area contributed by atoms with Crippen molar-refractivity contribution in [1.82, 2.24) is 4.90 Å². The third-order valence-corrected chi connectivity index (χ3v) is 1.35. The van der Waals surface area contributed by atoms with Crippen LogP contribution in [-0.4, -0.2) is 24.2 Å². The summed E-state index contributed by atoms with van der Waals surface area (Å²) in [5.74, 6) is 1.01. The van der Waals surface area contributed by atoms with Gasteiger partial charge >= 0.3 is 0 Å². The van der Waals surface area contributed by atoms with Crippen LogP contribution in [0.4, 0.5) is 0 Å². The van der Waals surface area contributed by atoms with E-state index >= 15 is 0 Å². The molecule has 1 rings (SSSR count). The lowest BCUT2D eigenvalue weighted by molar-refractivity contribution is 0.630. The summed E-state index contributed by atoms with van der Waals surface area (Å²) in [5.41, 5.74) is 0. The molecule has 0 spiro atoms. The number of rotatable bonds is 0. The van der Waals surface area contributed by atoms with Gasteiger partial charge in [-0.2, -0.15) is 0 Å². The Bertz CT molecular complexity index is 71.2. The van der Waals surface area contributed by atoms with Gasteiger partial charge in [0.1, 0.15) is 0 Å². The van der Waals surface area contributed by atoms with E-state index in [1.54, 1.807) is 11.9 Å². The maximum Gasteiger partial charge on any atom is 0.0995 e. The summed E-state index contributed by atoms with van der Waals surface area (Å²) in [6.07, 6.45) is 1.82. The van der Waals surface area contributed by atoms with Crippen LogP contribution in [0, 0.1) is 0 Å². The van der Waals surface area contributed by atoms with Crippen LogP contribution in [0.3, 0.4) is 0 Å². The first kappa shape index (κ1) is 3.99. The maximum atomic E-state index is 3.88. The summed E-state index contributed by atoms with van der Waals surface area (Å²) in [5, 5.41) is 0. The van der Waals surface area contributed by atoms with Gasteiger partial charge in [0.2, 0.25) is 0 Å². The van der Waals surface area contributed by atoms with Gasteiger partial charge in [-0.05, 0) is 11.9 Å². The summed E-state index contributed by atoms with van der Waals surface area (Å²) in [6, 6.07) is 0. The molecule has 1 heterocycles. The zero-order chi connectivity index (χ0) is 4.41. The molecule has 6 heavy (non-hydrogen) atoms. The van der Waals surface area contributed by atoms with Gasteiger partial charge < -0.3 is 4.90 Å². The van der Waals surface area contributed by atoms with Crippen LogP contribution in [0.2, 0.25) is 0 Å². The molecule has 0 aromatic carbocycles. The second kappa shape index (κ2) is 1.51. The van der Waals surface area contributed by atoms with Crippen LogP contribution in [0.1, 0.15) is 0 Å². The van der Waals surface area contributed by atoms with E-state index in [9.17, 15) is 0 Å². The predicted molar refractivity (Wildman–Crippen MR) is 28.7 cm³/mol. The monoisotopic (exact) mass is 102 g/mol. The van der Waals surface area contributed by atoms with E-state index in [1.165, 1.54) is 0 Å². The predicted octanol–water partition coefficient (Wildman–Crippen LogP) is 0.566. The van der Waals surface area contributed by atoms with Gasteiger partial charge in [-0.15, -0.1) is 0 Å². The Kier molecular flexibility index (Phi) is 1.01. The number of hydrogen-bond acceptors (Lipinski definition) is 3. The van der Waals surface area contributed by atoms with Crippen molar-refractivity contribution in [3.63, 3.8) is 0 Å². The summed E-state index contributed by atoms with van der Waals surface area (Å²) < 4.78 is 3.88. The molecule has 0 N–H and O–H groups in total. The molecule has 3 heteroatoms. The van der Waals surface area contributed by atoms with Crippen LogP contribution in [0.15, 0.2) is 4.40 Å². The fourth-order valence-electron chi connectivity index (χ4n) is 0.272. The Morgan fingerprint density at radius 3 is 3.00 bits per heavy atom. The number of hydrogen-bond donors (Lipinski definition) is 0. The van der Waals surface area contributed by atoms with Crippen molar-refractivity contribution in [2.24, 2.45) is 4.40 Å². The third kappa shape index (κ3) is 0.653. The van der Waals surface area contributed by atoms with E-state index in [-0.39, 0.29) is 0 Å². The van der Waals surface area contributed by atoms with Crippen molar-refractivity contribution in [2.45, 2.75) is 0 Å². The highest BCUT2D eigenvalue weighted by molar-refractivity contribution is 7.98. The molecular weight excluding hydrogens is 96.1 g/mol. The highest BCUT2D eigenvalue weighted by atomic mass is 32.2. The molecule has 0 aliphatic carbocycles. The lowest BCUT2D eigenvalue weighted by atomic mass is 11.0. The Hall–Kier alpha value is -0.180. The lowest BCUT2D eigenvalue weighted by Gasteiger charge is -1.98. The molecule has 0 aromatic rings. The average molecular weight is 102 g/mol. The SMILES string of the molecule is CN1C=NSC1. The Morgan fingerprint density at radius 2 is 2.83 bits per heavy atom. The van der Waals surface area contributed by atoms with E-state index in [0.29, 0.717) is 0 Å². The minimum atomic E-state index is 1.01. The Balaban J connectivity index is 2.38. The van der Waals surface area contributed by atoms with Gasteiger partial charge in [0.15, 0.2) is 0 Å². The first-order valence-corrected chi connectivity index (χ1v) is 2.69. The molecule has 0 bridgehead atoms. The minimum absolute atomic E-state index is 1.01. The zero-order valence-electron chi connectivity index (χ0n) is 3.59. The zero-order valence-corrected chi connectivity index (χ0v) is 4.40. The van der Waals surface area contributed by atoms with E-state index in [0.717, 1.165) is 5.88 Å². The third-order valence-electron chi connectivity index (χ3n) is 0.580. The molecule has 0 radical (unpaired) electrons. The van der Waals surface area contributed by atoms with Crippen molar-refractivity contribution >= 4 is 18.3 Å².